The molecule has 2 rings (SSSR count). The Morgan fingerprint density at radius 3 is 2.20 bits per heavy atom. The first-order valence-electron chi connectivity index (χ1n) is 6.18. The molecular weight excluding hydrogens is 341 g/mol. The van der Waals surface area contributed by atoms with Crippen LogP contribution >= 0.6 is 0 Å². The van der Waals surface area contributed by atoms with Crippen molar-refractivity contribution in [1.82, 2.24) is 0 Å². The van der Waals surface area contributed by atoms with Crippen LogP contribution in [0.4, 0.5) is 0 Å². The monoisotopic (exact) mass is 357 g/mol. The van der Waals surface area contributed by atoms with E-state index in [0.717, 1.165) is 0 Å². The van der Waals surface area contributed by atoms with Gasteiger partial charge in [0.25, 0.3) is 0 Å². The molecule has 1 aromatic carbocycles. The van der Waals surface area contributed by atoms with Crippen LogP contribution in [0, 0.1) is 0 Å². The van der Waals surface area contributed by atoms with Gasteiger partial charge in [0, 0.05) is 0 Å². The molecule has 0 spiro atoms. The molecule has 0 aliphatic heterocycles. The van der Waals surface area contributed by atoms with Crippen LogP contribution in [-0.4, -0.2) is 33.7 Å². The van der Waals surface area contributed by atoms with Crippen molar-refractivity contribution in [2.45, 2.75) is 13.0 Å². The number of hydrogen-bond acceptors (Lipinski definition) is 3. The van der Waals surface area contributed by atoms with Crippen molar-refractivity contribution in [1.29, 1.82) is 0 Å². The van der Waals surface area contributed by atoms with Crippen molar-refractivity contribution >= 4 is 34.0 Å². The molecule has 1 aromatic heterocycles. The van der Waals surface area contributed by atoms with Gasteiger partial charge >= 0.3 is 125 Å². The summed E-state index contributed by atoms with van der Waals surface area (Å²) < 4.78 is 36.0. The minimum absolute atomic E-state index is 0.276. The van der Waals surface area contributed by atoms with Gasteiger partial charge in [-0.25, -0.2) is 0 Å². The van der Waals surface area contributed by atoms with E-state index in [4.69, 9.17) is 0 Å². The average molecular weight is 356 g/mol. The Hall–Kier alpha value is -1.20. The summed E-state index contributed by atoms with van der Waals surface area (Å²) in [4.78, 5) is 0. The number of rotatable bonds is 6. The fourth-order valence-corrected chi connectivity index (χ4v) is 3.92. The zero-order valence-corrected chi connectivity index (χ0v) is 13.3. The van der Waals surface area contributed by atoms with Crippen molar-refractivity contribution < 1.29 is 17.5 Å². The molecule has 20 heavy (non-hydrogen) atoms. The third kappa shape index (κ3) is 5.43. The van der Waals surface area contributed by atoms with Crippen LogP contribution in [0.3, 0.4) is 0 Å². The molecular formula is C14H15NO3SSe. The number of benzene rings is 1. The summed E-state index contributed by atoms with van der Waals surface area (Å²) in [5.74, 6) is -0.310. The Morgan fingerprint density at radius 1 is 1.00 bits per heavy atom. The molecule has 0 unspecified atom stereocenters. The molecule has 4 nitrogen and oxygen atoms in total. The summed E-state index contributed by atoms with van der Waals surface area (Å²) >= 11 is 0.276. The number of nitrogens with zero attached hydrogens (tertiary/aromatic N) is 1. The van der Waals surface area contributed by atoms with E-state index in [0.29, 0.717) is 13.0 Å². The van der Waals surface area contributed by atoms with Gasteiger partial charge in [0.15, 0.2) is 0 Å². The number of pyridine rings is 1. The maximum atomic E-state index is 10.5. The van der Waals surface area contributed by atoms with Crippen LogP contribution in [0.5, 0.6) is 0 Å². The van der Waals surface area contributed by atoms with Gasteiger partial charge in [0.05, 0.1) is 0 Å². The Morgan fingerprint density at radius 2 is 1.60 bits per heavy atom. The first-order chi connectivity index (χ1) is 9.53. The van der Waals surface area contributed by atoms with Gasteiger partial charge in [-0.1, -0.05) is 0 Å². The zero-order chi connectivity index (χ0) is 14.4. The van der Waals surface area contributed by atoms with Crippen LogP contribution in [0.15, 0.2) is 54.9 Å². The second kappa shape index (κ2) is 6.99. The average Bonchev–Trinajstić information content (AvgIpc) is 2.41. The number of hydrogen-bond donors (Lipinski definition) is 0. The van der Waals surface area contributed by atoms with E-state index in [1.165, 1.54) is 8.92 Å². The van der Waals surface area contributed by atoms with E-state index >= 15 is 0 Å². The third-order valence-electron chi connectivity index (χ3n) is 2.65. The molecule has 0 bridgehead atoms. The summed E-state index contributed by atoms with van der Waals surface area (Å²) in [6.07, 6.45) is 4.20. The number of aromatic nitrogens is 1. The van der Waals surface area contributed by atoms with E-state index in [1.807, 2.05) is 47.3 Å². The van der Waals surface area contributed by atoms with Gasteiger partial charge in [-0.2, -0.15) is 0 Å². The van der Waals surface area contributed by atoms with Crippen molar-refractivity contribution in [2.75, 3.05) is 5.75 Å². The van der Waals surface area contributed by atoms with Crippen LogP contribution in [0.1, 0.15) is 6.42 Å². The third-order valence-corrected chi connectivity index (χ3v) is 5.57. The van der Waals surface area contributed by atoms with Gasteiger partial charge in [-0.15, -0.1) is 0 Å². The SMILES string of the molecule is O=S(=O)([O-])CCC[n+]1ccc([Se]c2ccccc2)cc1. The van der Waals surface area contributed by atoms with E-state index in [2.05, 4.69) is 12.1 Å². The predicted octanol–water partition coefficient (Wildman–Crippen LogP) is -0.436. The summed E-state index contributed by atoms with van der Waals surface area (Å²) in [6.45, 7) is 0.542. The fourth-order valence-electron chi connectivity index (χ4n) is 1.71. The molecule has 0 saturated carbocycles. The second-order valence-corrected chi connectivity index (χ2v) is 8.23. The minimum atomic E-state index is -4.10. The molecule has 0 aliphatic carbocycles. The van der Waals surface area contributed by atoms with Gasteiger partial charge in [-0.3, -0.25) is 0 Å². The van der Waals surface area contributed by atoms with E-state index in [-0.39, 0.29) is 20.7 Å². The van der Waals surface area contributed by atoms with E-state index < -0.39 is 10.1 Å². The van der Waals surface area contributed by atoms with Gasteiger partial charge < -0.3 is 0 Å². The zero-order valence-electron chi connectivity index (χ0n) is 10.8. The molecule has 1 heterocycles. The van der Waals surface area contributed by atoms with Crippen LogP contribution in [-0.2, 0) is 16.7 Å². The van der Waals surface area contributed by atoms with Crippen molar-refractivity contribution in [2.24, 2.45) is 0 Å². The Balaban J connectivity index is 1.90. The summed E-state index contributed by atoms with van der Waals surface area (Å²) in [5, 5.41) is 0. The van der Waals surface area contributed by atoms with Crippen LogP contribution in [0.25, 0.3) is 0 Å². The first-order valence-corrected chi connectivity index (χ1v) is 9.47. The molecule has 0 amide bonds. The molecule has 2 aromatic rings. The first kappa shape index (κ1) is 15.2. The van der Waals surface area contributed by atoms with Gasteiger partial charge in [0.2, 0.25) is 0 Å². The summed E-state index contributed by atoms with van der Waals surface area (Å²) in [5.41, 5.74) is 0. The quantitative estimate of drug-likeness (QED) is 0.401. The predicted molar refractivity (Wildman–Crippen MR) is 77.3 cm³/mol. The Kier molecular flexibility index (Phi) is 5.31. The Labute approximate surface area is 125 Å². The van der Waals surface area contributed by atoms with Crippen LogP contribution in [0.2, 0.25) is 0 Å². The standard InChI is InChI=1S/C14H15NO3SSe/c16-19(17,18)12-4-9-15-10-7-14(8-11-15)20-13-5-2-1-3-6-13/h1-3,5-8,10-11H,4,9,12H2. The molecule has 106 valence electrons. The second-order valence-electron chi connectivity index (χ2n) is 4.30. The molecule has 0 aliphatic rings. The normalized spacial score (nSPS) is 11.4. The fraction of sp³-hybridized carbons (Fsp3) is 0.214. The van der Waals surface area contributed by atoms with E-state index in [9.17, 15) is 13.0 Å². The molecule has 0 atom stereocenters. The van der Waals surface area contributed by atoms with Gasteiger partial charge in [-0.05, 0) is 0 Å². The Bertz CT molecular complexity index is 642. The van der Waals surface area contributed by atoms with Crippen molar-refractivity contribution in [3.63, 3.8) is 0 Å². The van der Waals surface area contributed by atoms with E-state index in [1.54, 1.807) is 0 Å². The molecule has 0 N–H and O–H groups in total. The molecule has 0 saturated heterocycles. The van der Waals surface area contributed by atoms with Crippen molar-refractivity contribution in [3.05, 3.63) is 54.9 Å². The molecule has 0 fully saturated rings. The summed E-state index contributed by atoms with van der Waals surface area (Å²) in [7, 11) is -4.10. The topological polar surface area (TPSA) is 61.1 Å². The van der Waals surface area contributed by atoms with Crippen molar-refractivity contribution in [3.8, 4) is 0 Å². The van der Waals surface area contributed by atoms with Crippen LogP contribution < -0.4 is 13.5 Å². The number of aryl methyl sites for hydroxylation is 1. The summed E-state index contributed by atoms with van der Waals surface area (Å²) in [6, 6.07) is 14.4. The molecule has 0 radical (unpaired) electrons. The van der Waals surface area contributed by atoms with Gasteiger partial charge in [0.1, 0.15) is 0 Å². The molecule has 6 heteroatoms. The maximum absolute atomic E-state index is 10.5.